The number of carbonyl (C=O) groups is 1. The topological polar surface area (TPSA) is 50.2 Å². The zero-order valence-electron chi connectivity index (χ0n) is 11.9. The molecule has 5 nitrogen and oxygen atoms in total. The van der Waals surface area contributed by atoms with Crippen molar-refractivity contribution in [3.8, 4) is 5.69 Å². The number of rotatable bonds is 3. The molecule has 1 saturated heterocycles. The van der Waals surface area contributed by atoms with E-state index in [0.29, 0.717) is 6.04 Å². The van der Waals surface area contributed by atoms with E-state index >= 15 is 0 Å². The Balaban J connectivity index is 0.00000161. The van der Waals surface area contributed by atoms with E-state index in [1.165, 1.54) is 0 Å². The highest BCUT2D eigenvalue weighted by molar-refractivity contribution is 5.94. The van der Waals surface area contributed by atoms with Gasteiger partial charge < -0.3 is 10.2 Å². The molecule has 1 fully saturated rings. The van der Waals surface area contributed by atoms with Gasteiger partial charge in [0.1, 0.15) is 0 Å². The largest absolute Gasteiger partial charge is 0.337 e. The van der Waals surface area contributed by atoms with E-state index in [2.05, 4.69) is 10.4 Å². The maximum Gasteiger partial charge on any atom is 0.253 e. The van der Waals surface area contributed by atoms with Gasteiger partial charge in [0.05, 0.1) is 5.69 Å². The fourth-order valence-corrected chi connectivity index (χ4v) is 2.52. The second-order valence-corrected chi connectivity index (χ2v) is 5.06. The summed E-state index contributed by atoms with van der Waals surface area (Å²) in [4.78, 5) is 14.2. The molecule has 0 radical (unpaired) electrons. The van der Waals surface area contributed by atoms with Crippen LogP contribution in [0.4, 0.5) is 0 Å². The van der Waals surface area contributed by atoms with Crippen LogP contribution >= 0.6 is 12.4 Å². The molecular weight excluding hydrogens is 288 g/mol. The number of aromatic nitrogens is 2. The lowest BCUT2D eigenvalue weighted by Gasteiger charge is -2.23. The molecule has 0 saturated carbocycles. The second kappa shape index (κ2) is 6.74. The molecular formula is C15H19ClN4O. The normalized spacial score (nSPS) is 17.3. The number of halogens is 1. The van der Waals surface area contributed by atoms with Crippen molar-refractivity contribution >= 4 is 18.3 Å². The van der Waals surface area contributed by atoms with Gasteiger partial charge in [-0.15, -0.1) is 12.4 Å². The van der Waals surface area contributed by atoms with Gasteiger partial charge in [-0.3, -0.25) is 4.79 Å². The first-order chi connectivity index (χ1) is 9.75. The third-order valence-electron chi connectivity index (χ3n) is 3.79. The van der Waals surface area contributed by atoms with Crippen molar-refractivity contribution in [2.75, 3.05) is 20.1 Å². The first kappa shape index (κ1) is 15.5. The molecule has 1 aromatic carbocycles. The summed E-state index contributed by atoms with van der Waals surface area (Å²) in [5, 5.41) is 7.45. The van der Waals surface area contributed by atoms with E-state index in [1.54, 1.807) is 10.9 Å². The number of carbonyl (C=O) groups excluding carboxylic acids is 1. The first-order valence-corrected chi connectivity index (χ1v) is 6.83. The minimum atomic E-state index is 0. The summed E-state index contributed by atoms with van der Waals surface area (Å²) in [6.45, 7) is 1.87. The SMILES string of the molecule is CN(C(=O)c1ccc(-n2cccn2)cc1)C1CCNC1.Cl. The van der Waals surface area contributed by atoms with Crippen molar-refractivity contribution in [1.29, 1.82) is 0 Å². The van der Waals surface area contributed by atoms with Gasteiger partial charge in [-0.1, -0.05) is 0 Å². The summed E-state index contributed by atoms with van der Waals surface area (Å²) in [6, 6.07) is 9.73. The van der Waals surface area contributed by atoms with Crippen LogP contribution in [0.15, 0.2) is 42.7 Å². The van der Waals surface area contributed by atoms with Crippen LogP contribution in [0.2, 0.25) is 0 Å². The molecule has 2 aromatic rings. The van der Waals surface area contributed by atoms with E-state index in [0.717, 1.165) is 30.8 Å². The fraction of sp³-hybridized carbons (Fsp3) is 0.333. The summed E-state index contributed by atoms with van der Waals surface area (Å²) in [6.07, 6.45) is 4.64. The van der Waals surface area contributed by atoms with Crippen LogP contribution in [0.5, 0.6) is 0 Å². The van der Waals surface area contributed by atoms with Crippen molar-refractivity contribution in [3.05, 3.63) is 48.3 Å². The average Bonchev–Trinajstić information content (AvgIpc) is 3.18. The Hall–Kier alpha value is -1.85. The van der Waals surface area contributed by atoms with Crippen LogP contribution in [-0.2, 0) is 0 Å². The molecule has 0 aliphatic carbocycles. The highest BCUT2D eigenvalue weighted by Gasteiger charge is 2.23. The van der Waals surface area contributed by atoms with Crippen LogP contribution in [-0.4, -0.2) is 46.8 Å². The van der Waals surface area contributed by atoms with Gasteiger partial charge in [-0.25, -0.2) is 4.68 Å². The molecule has 3 rings (SSSR count). The first-order valence-electron chi connectivity index (χ1n) is 6.83. The van der Waals surface area contributed by atoms with E-state index in [1.807, 2.05) is 48.5 Å². The van der Waals surface area contributed by atoms with Crippen LogP contribution in [0, 0.1) is 0 Å². The Morgan fingerprint density at radius 2 is 2.14 bits per heavy atom. The molecule has 0 spiro atoms. The molecule has 0 bridgehead atoms. The van der Waals surface area contributed by atoms with Gasteiger partial charge in [0, 0.05) is 37.6 Å². The summed E-state index contributed by atoms with van der Waals surface area (Å²) in [5.41, 5.74) is 1.67. The molecule has 112 valence electrons. The van der Waals surface area contributed by atoms with E-state index < -0.39 is 0 Å². The van der Waals surface area contributed by atoms with Crippen LogP contribution in [0.3, 0.4) is 0 Å². The third kappa shape index (κ3) is 3.25. The number of nitrogens with one attached hydrogen (secondary N) is 1. The standard InChI is InChI=1S/C15H18N4O.ClH/c1-18(14-7-9-16-11-14)15(20)12-3-5-13(6-4-12)19-10-2-8-17-19;/h2-6,8,10,14,16H,7,9,11H2,1H3;1H. The third-order valence-corrected chi connectivity index (χ3v) is 3.79. The second-order valence-electron chi connectivity index (χ2n) is 5.06. The minimum Gasteiger partial charge on any atom is -0.337 e. The smallest absolute Gasteiger partial charge is 0.253 e. The molecule has 2 heterocycles. The van der Waals surface area contributed by atoms with Crippen molar-refractivity contribution in [1.82, 2.24) is 20.0 Å². The highest BCUT2D eigenvalue weighted by Crippen LogP contribution is 2.13. The van der Waals surface area contributed by atoms with Gasteiger partial charge in [0.15, 0.2) is 0 Å². The van der Waals surface area contributed by atoms with Crippen molar-refractivity contribution in [3.63, 3.8) is 0 Å². The van der Waals surface area contributed by atoms with E-state index in [4.69, 9.17) is 0 Å². The lowest BCUT2D eigenvalue weighted by atomic mass is 10.1. The summed E-state index contributed by atoms with van der Waals surface area (Å²) < 4.78 is 1.78. The highest BCUT2D eigenvalue weighted by atomic mass is 35.5. The Labute approximate surface area is 130 Å². The average molecular weight is 307 g/mol. The van der Waals surface area contributed by atoms with Crippen LogP contribution < -0.4 is 5.32 Å². The maximum atomic E-state index is 12.4. The molecule has 21 heavy (non-hydrogen) atoms. The van der Waals surface area contributed by atoms with Crippen molar-refractivity contribution < 1.29 is 4.79 Å². The maximum absolute atomic E-state index is 12.4. The lowest BCUT2D eigenvalue weighted by Crippen LogP contribution is -2.38. The van der Waals surface area contributed by atoms with Gasteiger partial charge >= 0.3 is 0 Å². The predicted molar refractivity (Wildman–Crippen MR) is 84.2 cm³/mol. The summed E-state index contributed by atoms with van der Waals surface area (Å²) in [5.74, 6) is 0.0747. The number of amides is 1. The number of nitrogens with zero attached hydrogens (tertiary/aromatic N) is 3. The molecule has 6 heteroatoms. The molecule has 1 amide bonds. The Morgan fingerprint density at radius 1 is 1.38 bits per heavy atom. The summed E-state index contributed by atoms with van der Waals surface area (Å²) >= 11 is 0. The van der Waals surface area contributed by atoms with Crippen LogP contribution in [0.25, 0.3) is 5.69 Å². The minimum absolute atomic E-state index is 0. The summed E-state index contributed by atoms with van der Waals surface area (Å²) in [7, 11) is 1.88. The molecule has 1 aliphatic heterocycles. The zero-order valence-corrected chi connectivity index (χ0v) is 12.7. The lowest BCUT2D eigenvalue weighted by molar-refractivity contribution is 0.0744. The van der Waals surface area contributed by atoms with E-state index in [9.17, 15) is 4.79 Å². The molecule has 1 aromatic heterocycles. The number of hydrogen-bond donors (Lipinski definition) is 1. The predicted octanol–water partition coefficient (Wildman–Crippen LogP) is 1.73. The van der Waals surface area contributed by atoms with Gasteiger partial charge in [0.25, 0.3) is 5.91 Å². The number of benzene rings is 1. The van der Waals surface area contributed by atoms with Crippen LogP contribution in [0.1, 0.15) is 16.8 Å². The fourth-order valence-electron chi connectivity index (χ4n) is 2.52. The van der Waals surface area contributed by atoms with Gasteiger partial charge in [0.2, 0.25) is 0 Å². The molecule has 1 N–H and O–H groups in total. The number of hydrogen-bond acceptors (Lipinski definition) is 3. The Kier molecular flexibility index (Phi) is 4.98. The zero-order chi connectivity index (χ0) is 13.9. The molecule has 1 unspecified atom stereocenters. The van der Waals surface area contributed by atoms with Crippen molar-refractivity contribution in [2.24, 2.45) is 0 Å². The molecule has 1 aliphatic rings. The Bertz CT molecular complexity index is 576. The Morgan fingerprint density at radius 3 is 2.71 bits per heavy atom. The van der Waals surface area contributed by atoms with Gasteiger partial charge in [-0.05, 0) is 43.3 Å². The molecule has 1 atom stereocenters. The monoisotopic (exact) mass is 306 g/mol. The number of likely N-dealkylation sites (N-methyl/N-ethyl adjacent to an activating group) is 1. The van der Waals surface area contributed by atoms with Crippen molar-refractivity contribution in [2.45, 2.75) is 12.5 Å². The quantitative estimate of drug-likeness (QED) is 0.939. The van der Waals surface area contributed by atoms with Gasteiger partial charge in [-0.2, -0.15) is 5.10 Å². The van der Waals surface area contributed by atoms with E-state index in [-0.39, 0.29) is 18.3 Å².